The molecule has 0 radical (unpaired) electrons. The molecule has 0 spiro atoms. The molecule has 5 heteroatoms. The molecule has 86 valence electrons. The van der Waals surface area contributed by atoms with Crippen LogP contribution in [0.2, 0.25) is 0 Å². The first-order valence-electron chi connectivity index (χ1n) is 5.32. The van der Waals surface area contributed by atoms with Crippen LogP contribution in [0.3, 0.4) is 0 Å². The zero-order valence-electron chi connectivity index (χ0n) is 9.32. The van der Waals surface area contributed by atoms with Gasteiger partial charge in [0, 0.05) is 13.1 Å². The number of rotatable bonds is 1. The Labute approximate surface area is 89.9 Å². The molecule has 0 aliphatic carbocycles. The standard InChI is InChI=1S/C10H19N3O2/c1-7(2)9(15)12-10(11)13-5-3-8(14)4-6-13/h7-8,14H,3-6H2,1-2H3,(H2,11,12,15)/p+1. The average molecular weight is 214 g/mol. The molecule has 0 aromatic rings. The van der Waals surface area contributed by atoms with E-state index in [1.807, 2.05) is 18.7 Å². The second-order valence-electron chi connectivity index (χ2n) is 4.19. The first-order chi connectivity index (χ1) is 7.00. The van der Waals surface area contributed by atoms with Gasteiger partial charge in [-0.2, -0.15) is 0 Å². The number of guanidine groups is 1. The SMILES string of the molecule is CC(C)C([OH2+])=NC(=N)N1CCC(O)CC1. The summed E-state index contributed by atoms with van der Waals surface area (Å²) in [6, 6.07) is 0. The Kier molecular flexibility index (Phi) is 4.08. The molecule has 1 saturated heterocycles. The predicted octanol–water partition coefficient (Wildman–Crippen LogP) is 0.157. The van der Waals surface area contributed by atoms with Crippen LogP contribution in [0.15, 0.2) is 4.99 Å². The highest BCUT2D eigenvalue weighted by Crippen LogP contribution is 2.10. The lowest BCUT2D eigenvalue weighted by Crippen LogP contribution is -2.39. The van der Waals surface area contributed by atoms with Crippen LogP contribution < -0.4 is 0 Å². The van der Waals surface area contributed by atoms with Crippen LogP contribution in [0.4, 0.5) is 0 Å². The molecule has 0 unspecified atom stereocenters. The van der Waals surface area contributed by atoms with Crippen molar-refractivity contribution in [1.82, 2.24) is 4.90 Å². The summed E-state index contributed by atoms with van der Waals surface area (Å²) in [6.07, 6.45) is 1.14. The lowest BCUT2D eigenvalue weighted by molar-refractivity contribution is 0.108. The van der Waals surface area contributed by atoms with E-state index in [9.17, 15) is 5.11 Å². The number of aliphatic hydroxyl groups excluding tert-OH is 1. The third kappa shape index (κ3) is 3.51. The number of nitrogens with zero attached hydrogens (tertiary/aromatic N) is 2. The van der Waals surface area contributed by atoms with Crippen LogP contribution in [-0.2, 0) is 0 Å². The van der Waals surface area contributed by atoms with Gasteiger partial charge in [0.25, 0.3) is 0 Å². The number of piperidine rings is 1. The number of aliphatic imine (C=N–C) groups is 1. The molecule has 0 amide bonds. The number of nitrogens with one attached hydrogen (secondary N) is 1. The number of hydrogen-bond acceptors (Lipinski definition) is 2. The second-order valence-corrected chi connectivity index (χ2v) is 4.19. The van der Waals surface area contributed by atoms with Crippen molar-refractivity contribution in [3.05, 3.63) is 0 Å². The Balaban J connectivity index is 2.51. The predicted molar refractivity (Wildman–Crippen MR) is 60.4 cm³/mol. The van der Waals surface area contributed by atoms with Crippen molar-refractivity contribution >= 4 is 11.9 Å². The van der Waals surface area contributed by atoms with Crippen molar-refractivity contribution in [2.24, 2.45) is 10.9 Å². The second kappa shape index (κ2) is 5.11. The Morgan fingerprint density at radius 2 is 2.00 bits per heavy atom. The number of aliphatic hydroxyl groups is 1. The summed E-state index contributed by atoms with van der Waals surface area (Å²) in [5, 5.41) is 24.6. The van der Waals surface area contributed by atoms with Gasteiger partial charge in [-0.3, -0.25) is 5.41 Å². The van der Waals surface area contributed by atoms with Crippen LogP contribution in [0.5, 0.6) is 0 Å². The van der Waals surface area contributed by atoms with Gasteiger partial charge in [0.2, 0.25) is 5.96 Å². The molecule has 15 heavy (non-hydrogen) atoms. The molecule has 1 fully saturated rings. The van der Waals surface area contributed by atoms with Gasteiger partial charge in [-0.05, 0) is 26.7 Å². The zero-order chi connectivity index (χ0) is 11.4. The highest BCUT2D eigenvalue weighted by molar-refractivity contribution is 5.91. The van der Waals surface area contributed by atoms with E-state index in [0.717, 1.165) is 0 Å². The molecule has 0 aromatic heterocycles. The van der Waals surface area contributed by atoms with E-state index in [1.165, 1.54) is 0 Å². The first kappa shape index (κ1) is 12.0. The summed E-state index contributed by atoms with van der Waals surface area (Å²) in [7, 11) is 0. The fourth-order valence-electron chi connectivity index (χ4n) is 1.39. The maximum Gasteiger partial charge on any atom is 0.336 e. The van der Waals surface area contributed by atoms with Crippen LogP contribution in [0, 0.1) is 11.3 Å². The van der Waals surface area contributed by atoms with Gasteiger partial charge in [0.1, 0.15) is 0 Å². The van der Waals surface area contributed by atoms with E-state index >= 15 is 0 Å². The summed E-state index contributed by atoms with van der Waals surface area (Å²) < 4.78 is 0. The molecule has 0 saturated carbocycles. The van der Waals surface area contributed by atoms with Gasteiger partial charge in [0.15, 0.2) is 0 Å². The lowest BCUT2D eigenvalue weighted by atomic mass is 10.1. The molecule has 1 aliphatic rings. The van der Waals surface area contributed by atoms with Gasteiger partial charge >= 0.3 is 5.90 Å². The van der Waals surface area contributed by atoms with E-state index in [2.05, 4.69) is 4.99 Å². The highest BCUT2D eigenvalue weighted by atomic mass is 16.3. The smallest absolute Gasteiger partial charge is 0.336 e. The monoisotopic (exact) mass is 214 g/mol. The third-order valence-electron chi connectivity index (χ3n) is 2.54. The number of hydrogen-bond donors (Lipinski definition) is 2. The highest BCUT2D eigenvalue weighted by Gasteiger charge is 2.20. The minimum atomic E-state index is -0.237. The Bertz CT molecular complexity index is 255. The van der Waals surface area contributed by atoms with Crippen molar-refractivity contribution in [2.45, 2.75) is 32.8 Å². The maximum absolute atomic E-state index is 9.31. The molecule has 0 bridgehead atoms. The van der Waals surface area contributed by atoms with E-state index in [1.54, 1.807) is 0 Å². The van der Waals surface area contributed by atoms with E-state index in [-0.39, 0.29) is 23.9 Å². The van der Waals surface area contributed by atoms with Crippen LogP contribution in [0.1, 0.15) is 26.7 Å². The zero-order valence-corrected chi connectivity index (χ0v) is 9.32. The first-order valence-corrected chi connectivity index (χ1v) is 5.32. The topological polar surface area (TPSA) is 82.6 Å². The average Bonchev–Trinajstić information content (AvgIpc) is 2.18. The molecule has 0 atom stereocenters. The van der Waals surface area contributed by atoms with E-state index in [4.69, 9.17) is 10.5 Å². The van der Waals surface area contributed by atoms with Crippen molar-refractivity contribution in [1.29, 1.82) is 5.41 Å². The molecule has 1 rings (SSSR count). The van der Waals surface area contributed by atoms with Crippen molar-refractivity contribution in [3.8, 4) is 0 Å². The molecular formula is C10H20N3O2+. The van der Waals surface area contributed by atoms with Crippen molar-refractivity contribution < 1.29 is 10.2 Å². The van der Waals surface area contributed by atoms with Gasteiger partial charge < -0.3 is 15.1 Å². The minimum Gasteiger partial charge on any atom is -0.582 e. The van der Waals surface area contributed by atoms with Crippen molar-refractivity contribution in [2.75, 3.05) is 13.1 Å². The quantitative estimate of drug-likeness (QED) is 0.370. The molecule has 5 nitrogen and oxygen atoms in total. The van der Waals surface area contributed by atoms with Gasteiger partial charge in [-0.25, -0.2) is 0 Å². The maximum atomic E-state index is 9.31. The van der Waals surface area contributed by atoms with Crippen LogP contribution >= 0.6 is 0 Å². The minimum absolute atomic E-state index is 0.0562. The van der Waals surface area contributed by atoms with E-state index < -0.39 is 0 Å². The molecule has 1 aliphatic heterocycles. The summed E-state index contributed by atoms with van der Waals surface area (Å²) >= 11 is 0. The lowest BCUT2D eigenvalue weighted by Gasteiger charge is -2.29. The van der Waals surface area contributed by atoms with Gasteiger partial charge in [0.05, 0.1) is 12.0 Å². The van der Waals surface area contributed by atoms with Gasteiger partial charge in [-0.1, -0.05) is 0 Å². The largest absolute Gasteiger partial charge is 0.582 e. The Morgan fingerprint density at radius 3 is 2.47 bits per heavy atom. The fraction of sp³-hybridized carbons (Fsp3) is 0.800. The Morgan fingerprint density at radius 1 is 1.47 bits per heavy atom. The third-order valence-corrected chi connectivity index (χ3v) is 2.54. The normalized spacial score (nSPS) is 19.7. The summed E-state index contributed by atoms with van der Waals surface area (Å²) in [5.41, 5.74) is 0. The van der Waals surface area contributed by atoms with Crippen LogP contribution in [-0.4, -0.2) is 46.2 Å². The summed E-state index contributed by atoms with van der Waals surface area (Å²) in [4.78, 5) is 5.75. The van der Waals surface area contributed by atoms with Gasteiger partial charge in [-0.15, -0.1) is 4.99 Å². The number of likely N-dealkylation sites (tertiary alicyclic amines) is 1. The fourth-order valence-corrected chi connectivity index (χ4v) is 1.39. The Hall–Kier alpha value is -1.10. The molecular weight excluding hydrogens is 194 g/mol. The molecule has 4 N–H and O–H groups in total. The summed E-state index contributed by atoms with van der Waals surface area (Å²) in [5.74, 6) is 0.451. The molecule has 1 heterocycles. The van der Waals surface area contributed by atoms with Crippen molar-refractivity contribution in [3.63, 3.8) is 0 Å². The van der Waals surface area contributed by atoms with Crippen LogP contribution in [0.25, 0.3) is 0 Å². The summed E-state index contributed by atoms with van der Waals surface area (Å²) in [6.45, 7) is 5.10. The van der Waals surface area contributed by atoms with E-state index in [0.29, 0.717) is 25.9 Å². The molecule has 0 aromatic carbocycles.